The van der Waals surface area contributed by atoms with Crippen molar-refractivity contribution in [3.8, 4) is 17.4 Å². The number of rotatable bonds is 6. The molecule has 1 atom stereocenters. The molecule has 0 spiro atoms. The predicted octanol–water partition coefficient (Wildman–Crippen LogP) is 3.07. The SMILES string of the molecule is COc1ccc(OC)c(C(c2c(O)[nH]c(=S)[nH]c2=O)N2CCN(c3ccccc3)CC2)c1. The van der Waals surface area contributed by atoms with Crippen LogP contribution in [0.15, 0.2) is 53.3 Å². The molecular weight excluding hydrogens is 428 g/mol. The van der Waals surface area contributed by atoms with Crippen LogP contribution in [0, 0.1) is 4.77 Å². The maximum atomic E-state index is 12.9. The second kappa shape index (κ2) is 9.46. The van der Waals surface area contributed by atoms with Gasteiger partial charge in [-0.05, 0) is 42.5 Å². The zero-order chi connectivity index (χ0) is 22.7. The maximum absolute atomic E-state index is 12.9. The van der Waals surface area contributed by atoms with Gasteiger partial charge in [-0.1, -0.05) is 18.2 Å². The lowest BCUT2D eigenvalue weighted by Crippen LogP contribution is -2.48. The molecular formula is C23H26N4O4S. The average Bonchev–Trinajstić information content (AvgIpc) is 2.81. The van der Waals surface area contributed by atoms with Gasteiger partial charge in [0.15, 0.2) is 4.77 Å². The Morgan fingerprint density at radius 2 is 1.72 bits per heavy atom. The third-order valence-electron chi connectivity index (χ3n) is 5.76. The Balaban J connectivity index is 1.77. The van der Waals surface area contributed by atoms with E-state index in [2.05, 4.69) is 31.9 Å². The quantitative estimate of drug-likeness (QED) is 0.493. The smallest absolute Gasteiger partial charge is 0.260 e. The average molecular weight is 455 g/mol. The van der Waals surface area contributed by atoms with Crippen molar-refractivity contribution in [2.45, 2.75) is 6.04 Å². The van der Waals surface area contributed by atoms with Crippen LogP contribution in [0.5, 0.6) is 17.4 Å². The first kappa shape index (κ1) is 21.9. The summed E-state index contributed by atoms with van der Waals surface area (Å²) in [7, 11) is 3.17. The van der Waals surface area contributed by atoms with Gasteiger partial charge in [0.2, 0.25) is 5.88 Å². The molecule has 1 aliphatic rings. The Morgan fingerprint density at radius 3 is 2.34 bits per heavy atom. The molecule has 1 unspecified atom stereocenters. The fourth-order valence-corrected chi connectivity index (χ4v) is 4.39. The van der Waals surface area contributed by atoms with Gasteiger partial charge in [0.05, 0.1) is 25.8 Å². The number of nitrogens with one attached hydrogen (secondary N) is 2. The van der Waals surface area contributed by atoms with E-state index in [0.717, 1.165) is 24.3 Å². The van der Waals surface area contributed by atoms with Crippen LogP contribution in [0.1, 0.15) is 17.2 Å². The number of aromatic hydroxyl groups is 1. The van der Waals surface area contributed by atoms with Crippen molar-refractivity contribution in [3.63, 3.8) is 0 Å². The van der Waals surface area contributed by atoms with Gasteiger partial charge in [0.25, 0.3) is 5.56 Å². The molecule has 0 bridgehead atoms. The third-order valence-corrected chi connectivity index (χ3v) is 5.97. The number of aromatic amines is 2. The Bertz CT molecular complexity index is 1190. The summed E-state index contributed by atoms with van der Waals surface area (Å²) < 4.78 is 11.1. The van der Waals surface area contributed by atoms with Crippen LogP contribution in [-0.4, -0.2) is 60.4 Å². The minimum Gasteiger partial charge on any atom is -0.497 e. The third kappa shape index (κ3) is 4.35. The molecule has 0 amide bonds. The molecule has 2 aromatic carbocycles. The zero-order valence-electron chi connectivity index (χ0n) is 18.0. The summed E-state index contributed by atoms with van der Waals surface area (Å²) in [6.07, 6.45) is 0. The molecule has 4 rings (SSSR count). The van der Waals surface area contributed by atoms with Crippen LogP contribution in [0.3, 0.4) is 0 Å². The van der Waals surface area contributed by atoms with Crippen LogP contribution >= 0.6 is 12.2 Å². The molecule has 168 valence electrons. The van der Waals surface area contributed by atoms with Gasteiger partial charge in [-0.15, -0.1) is 0 Å². The number of benzene rings is 2. The van der Waals surface area contributed by atoms with Gasteiger partial charge in [-0.3, -0.25) is 14.7 Å². The van der Waals surface area contributed by atoms with Crippen molar-refractivity contribution in [1.82, 2.24) is 14.9 Å². The summed E-state index contributed by atoms with van der Waals surface area (Å²) in [6.45, 7) is 2.89. The van der Waals surface area contributed by atoms with E-state index in [1.807, 2.05) is 24.3 Å². The second-order valence-corrected chi connectivity index (χ2v) is 7.95. The van der Waals surface area contributed by atoms with Crippen LogP contribution in [0.4, 0.5) is 5.69 Å². The van der Waals surface area contributed by atoms with E-state index < -0.39 is 11.6 Å². The maximum Gasteiger partial charge on any atom is 0.260 e. The van der Waals surface area contributed by atoms with Crippen molar-refractivity contribution >= 4 is 17.9 Å². The number of hydrogen-bond acceptors (Lipinski definition) is 7. The molecule has 1 aromatic heterocycles. The Hall–Kier alpha value is -3.30. The number of hydrogen-bond donors (Lipinski definition) is 3. The standard InChI is InChI=1S/C23H26N4O4S/c1-30-16-8-9-18(31-2)17(14-16)20(19-21(28)24-23(32)25-22(19)29)27-12-10-26(11-13-27)15-6-4-3-5-7-15/h3-9,14,20H,10-13H2,1-2H3,(H3,24,25,28,29,32). The molecule has 32 heavy (non-hydrogen) atoms. The normalized spacial score (nSPS) is 15.4. The number of anilines is 1. The Kier molecular flexibility index (Phi) is 6.48. The fourth-order valence-electron chi connectivity index (χ4n) is 4.20. The van der Waals surface area contributed by atoms with E-state index in [-0.39, 0.29) is 16.2 Å². The van der Waals surface area contributed by atoms with Gasteiger partial charge in [-0.25, -0.2) is 0 Å². The van der Waals surface area contributed by atoms with Gasteiger partial charge < -0.3 is 24.5 Å². The number of H-pyrrole nitrogens is 2. The number of methoxy groups -OCH3 is 2. The molecule has 1 aliphatic heterocycles. The number of para-hydroxylation sites is 1. The summed E-state index contributed by atoms with van der Waals surface area (Å²) in [5.41, 5.74) is 1.64. The van der Waals surface area contributed by atoms with E-state index in [4.69, 9.17) is 21.7 Å². The van der Waals surface area contributed by atoms with Crippen molar-refractivity contribution in [2.24, 2.45) is 0 Å². The molecule has 1 saturated heterocycles. The highest BCUT2D eigenvalue weighted by atomic mass is 32.1. The van der Waals surface area contributed by atoms with E-state index in [0.29, 0.717) is 24.6 Å². The molecule has 9 heteroatoms. The molecule has 3 N–H and O–H groups in total. The number of nitrogens with zero attached hydrogens (tertiary/aromatic N) is 2. The molecule has 8 nitrogen and oxygen atoms in total. The molecule has 0 aliphatic carbocycles. The zero-order valence-corrected chi connectivity index (χ0v) is 18.8. The summed E-state index contributed by atoms with van der Waals surface area (Å²) in [4.78, 5) is 22.7. The lowest BCUT2D eigenvalue weighted by molar-refractivity contribution is 0.203. The van der Waals surface area contributed by atoms with Crippen LogP contribution < -0.4 is 19.9 Å². The van der Waals surface area contributed by atoms with Gasteiger partial charge in [0, 0.05) is 37.4 Å². The van der Waals surface area contributed by atoms with Crippen LogP contribution in [0.25, 0.3) is 0 Å². The first-order valence-corrected chi connectivity index (χ1v) is 10.7. The predicted molar refractivity (Wildman–Crippen MR) is 126 cm³/mol. The molecule has 0 radical (unpaired) electrons. The lowest BCUT2D eigenvalue weighted by Gasteiger charge is -2.40. The van der Waals surface area contributed by atoms with Crippen LogP contribution in [-0.2, 0) is 0 Å². The summed E-state index contributed by atoms with van der Waals surface area (Å²) in [5.74, 6) is 0.982. The van der Waals surface area contributed by atoms with Gasteiger partial charge in [-0.2, -0.15) is 0 Å². The van der Waals surface area contributed by atoms with Crippen molar-refractivity contribution in [3.05, 3.63) is 74.8 Å². The molecule has 2 heterocycles. The largest absolute Gasteiger partial charge is 0.497 e. The van der Waals surface area contributed by atoms with Crippen molar-refractivity contribution in [1.29, 1.82) is 0 Å². The summed E-state index contributed by atoms with van der Waals surface area (Å²) in [5, 5.41) is 10.7. The molecule has 3 aromatic rings. The first-order valence-electron chi connectivity index (χ1n) is 10.3. The van der Waals surface area contributed by atoms with E-state index in [9.17, 15) is 9.90 Å². The second-order valence-electron chi connectivity index (χ2n) is 7.54. The summed E-state index contributed by atoms with van der Waals surface area (Å²) in [6, 6.07) is 15.1. The topological polar surface area (TPSA) is 93.8 Å². The van der Waals surface area contributed by atoms with Gasteiger partial charge in [0.1, 0.15) is 11.5 Å². The number of ether oxygens (including phenoxy) is 2. The van der Waals surface area contributed by atoms with E-state index in [1.165, 1.54) is 0 Å². The Labute approximate surface area is 191 Å². The van der Waals surface area contributed by atoms with Crippen molar-refractivity contribution < 1.29 is 14.6 Å². The highest BCUT2D eigenvalue weighted by Gasteiger charge is 2.33. The Morgan fingerprint density at radius 1 is 1.00 bits per heavy atom. The number of aromatic nitrogens is 2. The first-order chi connectivity index (χ1) is 15.5. The minimum atomic E-state index is -0.562. The monoisotopic (exact) mass is 454 g/mol. The van der Waals surface area contributed by atoms with Crippen LogP contribution in [0.2, 0.25) is 0 Å². The van der Waals surface area contributed by atoms with Gasteiger partial charge >= 0.3 is 0 Å². The number of piperazine rings is 1. The van der Waals surface area contributed by atoms with E-state index in [1.54, 1.807) is 26.4 Å². The molecule has 0 saturated carbocycles. The lowest BCUT2D eigenvalue weighted by atomic mass is 9.96. The van der Waals surface area contributed by atoms with E-state index >= 15 is 0 Å². The highest BCUT2D eigenvalue weighted by molar-refractivity contribution is 7.71. The minimum absolute atomic E-state index is 0.0708. The fraction of sp³-hybridized carbons (Fsp3) is 0.304. The van der Waals surface area contributed by atoms with Crippen molar-refractivity contribution in [2.75, 3.05) is 45.3 Å². The molecule has 1 fully saturated rings. The highest BCUT2D eigenvalue weighted by Crippen LogP contribution is 2.38. The summed E-state index contributed by atoms with van der Waals surface area (Å²) >= 11 is 5.03.